The van der Waals surface area contributed by atoms with Crippen LogP contribution in [-0.2, 0) is 20.8 Å². The number of rotatable bonds is 9. The van der Waals surface area contributed by atoms with Crippen LogP contribution in [0.1, 0.15) is 162 Å². The maximum atomic E-state index is 13.7. The van der Waals surface area contributed by atoms with Crippen LogP contribution in [0.25, 0.3) is 0 Å². The Bertz CT molecular complexity index is 1300. The zero-order valence-electron chi connectivity index (χ0n) is 37.5. The van der Waals surface area contributed by atoms with E-state index in [4.69, 9.17) is 15.0 Å². The molecule has 0 unspecified atom stereocenters. The van der Waals surface area contributed by atoms with Gasteiger partial charge in [0.25, 0.3) is 0 Å². The molecule has 318 valence electrons. The Morgan fingerprint density at radius 1 is 0.464 bits per heavy atom. The number of nitrogens with zero attached hydrogens (tertiary/aromatic N) is 9. The molecule has 0 saturated carbocycles. The van der Waals surface area contributed by atoms with E-state index in [0.717, 1.165) is 0 Å². The summed E-state index contributed by atoms with van der Waals surface area (Å²) in [5.74, 6) is 1.21. The molecule has 15 nitrogen and oxygen atoms in total. The summed E-state index contributed by atoms with van der Waals surface area (Å²) in [6.07, 6.45) is 4.42. The summed E-state index contributed by atoms with van der Waals surface area (Å²) in [4.78, 5) is 20.3. The molecule has 4 aliphatic rings. The molecule has 4 fully saturated rings. The first-order valence-electron chi connectivity index (χ1n) is 20.9. The normalized spacial score (nSPS) is 28.6. The molecule has 0 aliphatic carbocycles. The van der Waals surface area contributed by atoms with Crippen LogP contribution in [0.5, 0.6) is 0 Å². The van der Waals surface area contributed by atoms with E-state index >= 15 is 0 Å². The van der Waals surface area contributed by atoms with Gasteiger partial charge in [0.1, 0.15) is 0 Å². The second kappa shape index (κ2) is 14.6. The van der Waals surface area contributed by atoms with E-state index in [0.29, 0.717) is 69.2 Å². The van der Waals surface area contributed by atoms with Gasteiger partial charge in [0.15, 0.2) is 0 Å². The minimum Gasteiger partial charge on any atom is -0.395 e. The van der Waals surface area contributed by atoms with Gasteiger partial charge in [-0.05, 0) is 162 Å². The van der Waals surface area contributed by atoms with Gasteiger partial charge in [-0.15, -0.1) is 41.1 Å². The van der Waals surface area contributed by atoms with Crippen LogP contribution in [-0.4, -0.2) is 122 Å². The van der Waals surface area contributed by atoms with E-state index in [9.17, 15) is 25.9 Å². The van der Waals surface area contributed by atoms with Crippen LogP contribution < -0.4 is 15.1 Å². The lowest BCUT2D eigenvalue weighted by Crippen LogP contribution is -2.68. The average Bonchev–Trinajstić information content (AvgIpc) is 3.02. The maximum absolute atomic E-state index is 13.7. The quantitative estimate of drug-likeness (QED) is 0.286. The van der Waals surface area contributed by atoms with Gasteiger partial charge in [-0.25, -0.2) is 0 Å². The van der Waals surface area contributed by atoms with Crippen molar-refractivity contribution in [1.82, 2.24) is 35.2 Å². The van der Waals surface area contributed by atoms with Gasteiger partial charge in [0, 0.05) is 75.0 Å². The second-order valence-corrected chi connectivity index (χ2v) is 22.6. The molecule has 4 aliphatic heterocycles. The predicted molar refractivity (Wildman–Crippen MR) is 215 cm³/mol. The van der Waals surface area contributed by atoms with Crippen LogP contribution in [0.2, 0.25) is 0 Å². The third-order valence-electron chi connectivity index (χ3n) is 13.3. The number of aromatic nitrogens is 3. The van der Waals surface area contributed by atoms with Gasteiger partial charge >= 0.3 is 0 Å². The summed E-state index contributed by atoms with van der Waals surface area (Å²) in [5.41, 5.74) is -5.54. The highest BCUT2D eigenvalue weighted by Crippen LogP contribution is 2.48. The maximum Gasteiger partial charge on any atom is 0.232 e. The van der Waals surface area contributed by atoms with Crippen molar-refractivity contribution in [2.75, 3.05) is 28.3 Å². The van der Waals surface area contributed by atoms with E-state index in [-0.39, 0.29) is 37.3 Å². The Hall–Kier alpha value is -1.95. The smallest absolute Gasteiger partial charge is 0.232 e. The van der Waals surface area contributed by atoms with E-state index in [1.165, 1.54) is 20.3 Å². The minimum absolute atomic E-state index is 0.132. The van der Waals surface area contributed by atoms with Crippen molar-refractivity contribution in [2.45, 2.75) is 231 Å². The summed E-state index contributed by atoms with van der Waals surface area (Å²) < 4.78 is 0. The fourth-order valence-electron chi connectivity index (χ4n) is 11.7. The van der Waals surface area contributed by atoms with Crippen molar-refractivity contribution in [3.05, 3.63) is 0 Å². The van der Waals surface area contributed by atoms with Crippen LogP contribution >= 0.6 is 0 Å². The van der Waals surface area contributed by atoms with Crippen LogP contribution in [0.4, 0.5) is 17.8 Å². The highest BCUT2D eigenvalue weighted by Gasteiger charge is 2.56. The lowest BCUT2D eigenvalue weighted by molar-refractivity contribution is -0.294. The lowest BCUT2D eigenvalue weighted by Gasteiger charge is -2.57. The first-order chi connectivity index (χ1) is 25.3. The highest BCUT2D eigenvalue weighted by atomic mass is 16.5. The summed E-state index contributed by atoms with van der Waals surface area (Å²) in [6.45, 7) is 32.0. The molecule has 4 saturated heterocycles. The van der Waals surface area contributed by atoms with Crippen molar-refractivity contribution in [3.63, 3.8) is 0 Å². The molecule has 0 aromatic carbocycles. The third-order valence-corrected chi connectivity index (χ3v) is 13.3. The Morgan fingerprint density at radius 2 is 0.679 bits per heavy atom. The molecule has 4 radical (unpaired) electrons. The molecule has 1 aromatic rings. The monoisotopic (exact) mass is 787 g/mol. The number of hydroxylamine groups is 8. The molecular weight excluding hydrogens is 713 g/mol. The van der Waals surface area contributed by atoms with Crippen molar-refractivity contribution >= 4 is 17.8 Å². The van der Waals surface area contributed by atoms with Gasteiger partial charge < -0.3 is 20.2 Å². The van der Waals surface area contributed by atoms with Crippen molar-refractivity contribution in [3.8, 4) is 0 Å². The Balaban J connectivity index is 1.77. The zero-order valence-corrected chi connectivity index (χ0v) is 37.5. The number of hydrogen-bond donors (Lipinski definition) is 2. The van der Waals surface area contributed by atoms with Crippen molar-refractivity contribution in [2.24, 2.45) is 0 Å². The fourth-order valence-corrected chi connectivity index (χ4v) is 11.7. The summed E-state index contributed by atoms with van der Waals surface area (Å²) in [5, 5.41) is 73.1. The topological polar surface area (TPSA) is 170 Å². The van der Waals surface area contributed by atoms with E-state index in [1.807, 2.05) is 111 Å². The molecular formula is C41H74N10O5. The molecule has 1 aromatic heterocycles. The molecule has 0 atom stereocenters. The predicted octanol–water partition coefficient (Wildman–Crippen LogP) is 6.36. The number of aliphatic hydroxyl groups excluding tert-OH is 1. The van der Waals surface area contributed by atoms with Crippen LogP contribution in [0.15, 0.2) is 0 Å². The van der Waals surface area contributed by atoms with Gasteiger partial charge in [-0.1, -0.05) is 0 Å². The Morgan fingerprint density at radius 3 is 0.875 bits per heavy atom. The molecule has 15 heteroatoms. The molecule has 0 bridgehead atoms. The summed E-state index contributed by atoms with van der Waals surface area (Å²) in [6, 6.07) is -0.620. The number of aliphatic hydroxyl groups is 1. The largest absolute Gasteiger partial charge is 0.395 e. The van der Waals surface area contributed by atoms with Gasteiger partial charge in [0.2, 0.25) is 17.8 Å². The molecule has 5 heterocycles. The molecule has 0 amide bonds. The van der Waals surface area contributed by atoms with Crippen molar-refractivity contribution in [1.29, 1.82) is 0 Å². The highest BCUT2D eigenvalue weighted by molar-refractivity contribution is 5.49. The zero-order chi connectivity index (χ0) is 42.4. The lowest BCUT2D eigenvalue weighted by atomic mass is 9.74. The summed E-state index contributed by atoms with van der Waals surface area (Å²) >= 11 is 0. The second-order valence-electron chi connectivity index (χ2n) is 22.6. The average molecular weight is 787 g/mol. The molecule has 0 spiro atoms. The fraction of sp³-hybridized carbons (Fsp3) is 0.927. The standard InChI is InChI=1S/C41H74N10O5/c1-34(2)19-27(20-35(3,4)48(34)53)46(28-21-36(5,6)49(54)37(7,8)22-28)32-43-31(42-17-18-52)44-33(45-32)47(29-23-38(9,10)50(55)39(11,12)24-29)30-25-40(13,14)51(56)41(15,16)26-30/h27-30,52H,17-26H2,1-16H3,(H,42,43,44,45). The van der Waals surface area contributed by atoms with E-state index in [1.54, 1.807) is 0 Å². The van der Waals surface area contributed by atoms with Gasteiger partial charge in [0.05, 0.1) is 6.61 Å². The molecule has 5 rings (SSSR count). The summed E-state index contributed by atoms with van der Waals surface area (Å²) in [7, 11) is 0. The Labute approximate surface area is 337 Å². The number of piperidine rings is 4. The number of nitrogens with one attached hydrogen (secondary N) is 1. The van der Waals surface area contributed by atoms with E-state index in [2.05, 4.69) is 15.1 Å². The third kappa shape index (κ3) is 8.54. The SMILES string of the molecule is CC1(C)CC(N(c2nc(NCCO)nc(N(C3CC(C)(C)N([O])C(C)(C)C3)C3CC(C)(C)N([O])C(C)(C)C3)n2)C2CC(C)(C)N([O])C(C)(C)C2)CC(C)(C)N1[O]. The minimum atomic E-state index is -0.693. The van der Waals surface area contributed by atoms with Crippen LogP contribution in [0.3, 0.4) is 0 Å². The first-order valence-corrected chi connectivity index (χ1v) is 20.9. The first kappa shape index (κ1) is 45.1. The van der Waals surface area contributed by atoms with Gasteiger partial charge in [-0.2, -0.15) is 15.0 Å². The molecule has 56 heavy (non-hydrogen) atoms. The Kier molecular flexibility index (Phi) is 11.8. The molecule has 2 N–H and O–H groups in total. The number of anilines is 3. The van der Waals surface area contributed by atoms with Gasteiger partial charge in [-0.3, -0.25) is 0 Å². The van der Waals surface area contributed by atoms with E-state index < -0.39 is 44.3 Å². The number of hydrogen-bond acceptors (Lipinski definition) is 11. The van der Waals surface area contributed by atoms with Crippen molar-refractivity contribution < 1.29 is 25.9 Å². The van der Waals surface area contributed by atoms with Crippen LogP contribution in [0, 0.1) is 0 Å².